The van der Waals surface area contributed by atoms with Crippen molar-refractivity contribution in [1.82, 2.24) is 9.97 Å². The van der Waals surface area contributed by atoms with Crippen LogP contribution >= 0.6 is 27.5 Å². The maximum absolute atomic E-state index is 11.7. The minimum absolute atomic E-state index is 0.156. The molecule has 0 aliphatic carbocycles. The number of hydrogen-bond acceptors (Lipinski definition) is 2. The van der Waals surface area contributed by atoms with E-state index in [0.29, 0.717) is 16.8 Å². The molecular weight excluding hydrogens is 328 g/mol. The predicted octanol–water partition coefficient (Wildman–Crippen LogP) is 4.05. The highest BCUT2D eigenvalue weighted by Crippen LogP contribution is 2.28. The van der Waals surface area contributed by atoms with E-state index in [4.69, 9.17) is 11.6 Å². The minimum Gasteiger partial charge on any atom is -0.306 e. The summed E-state index contributed by atoms with van der Waals surface area (Å²) in [4.78, 5) is 18.9. The standard InChI is InChI=1S/C14H14BrClN2O/c1-8(2)5-10-7-13(19)18-14(17-10)11-6-9(15)3-4-12(11)16/h3-4,6-8H,5H2,1-2H3,(H,17,18,19). The lowest BCUT2D eigenvalue weighted by atomic mass is 10.1. The van der Waals surface area contributed by atoms with Gasteiger partial charge in [0.25, 0.3) is 5.56 Å². The molecule has 0 bridgehead atoms. The van der Waals surface area contributed by atoms with Gasteiger partial charge in [0.15, 0.2) is 0 Å². The normalized spacial score (nSPS) is 11.0. The van der Waals surface area contributed by atoms with E-state index >= 15 is 0 Å². The average molecular weight is 342 g/mol. The lowest BCUT2D eigenvalue weighted by Gasteiger charge is -2.08. The van der Waals surface area contributed by atoms with Gasteiger partial charge >= 0.3 is 0 Å². The Labute approximate surface area is 125 Å². The minimum atomic E-state index is -0.156. The molecule has 0 fully saturated rings. The number of benzene rings is 1. The van der Waals surface area contributed by atoms with Crippen LogP contribution in [0.25, 0.3) is 11.4 Å². The first-order valence-corrected chi connectivity index (χ1v) is 7.18. The van der Waals surface area contributed by atoms with Gasteiger partial charge in [-0.25, -0.2) is 4.98 Å². The zero-order valence-electron chi connectivity index (χ0n) is 10.7. The second-order valence-electron chi connectivity index (χ2n) is 4.81. The Morgan fingerprint density at radius 2 is 2.11 bits per heavy atom. The number of H-pyrrole nitrogens is 1. The lowest BCUT2D eigenvalue weighted by molar-refractivity contribution is 0.634. The Balaban J connectivity index is 2.53. The van der Waals surface area contributed by atoms with E-state index in [1.54, 1.807) is 6.07 Å². The summed E-state index contributed by atoms with van der Waals surface area (Å²) >= 11 is 9.55. The third kappa shape index (κ3) is 3.67. The van der Waals surface area contributed by atoms with Crippen molar-refractivity contribution in [3.63, 3.8) is 0 Å². The molecule has 1 aromatic heterocycles. The molecule has 0 radical (unpaired) electrons. The number of nitrogens with one attached hydrogen (secondary N) is 1. The fourth-order valence-corrected chi connectivity index (χ4v) is 2.41. The summed E-state index contributed by atoms with van der Waals surface area (Å²) in [6.07, 6.45) is 0.766. The van der Waals surface area contributed by atoms with Crippen LogP contribution in [0.4, 0.5) is 0 Å². The van der Waals surface area contributed by atoms with Gasteiger partial charge in [-0.15, -0.1) is 0 Å². The number of aromatic nitrogens is 2. The number of halogens is 2. The average Bonchev–Trinajstić information content (AvgIpc) is 2.30. The summed E-state index contributed by atoms with van der Waals surface area (Å²) in [5.41, 5.74) is 1.35. The van der Waals surface area contributed by atoms with Gasteiger partial charge in [-0.1, -0.05) is 41.4 Å². The number of aromatic amines is 1. The summed E-state index contributed by atoms with van der Waals surface area (Å²) in [5.74, 6) is 0.953. The van der Waals surface area contributed by atoms with Crippen LogP contribution in [0.5, 0.6) is 0 Å². The maximum Gasteiger partial charge on any atom is 0.251 e. The molecule has 5 heteroatoms. The van der Waals surface area contributed by atoms with Crippen molar-refractivity contribution in [2.24, 2.45) is 5.92 Å². The topological polar surface area (TPSA) is 45.8 Å². The monoisotopic (exact) mass is 340 g/mol. The van der Waals surface area contributed by atoms with E-state index in [1.807, 2.05) is 12.1 Å². The summed E-state index contributed by atoms with van der Waals surface area (Å²) in [7, 11) is 0. The second-order valence-corrected chi connectivity index (χ2v) is 6.13. The highest BCUT2D eigenvalue weighted by molar-refractivity contribution is 9.10. The third-order valence-electron chi connectivity index (χ3n) is 2.60. The van der Waals surface area contributed by atoms with Crippen molar-refractivity contribution >= 4 is 27.5 Å². The largest absolute Gasteiger partial charge is 0.306 e. The van der Waals surface area contributed by atoms with Crippen molar-refractivity contribution in [2.75, 3.05) is 0 Å². The van der Waals surface area contributed by atoms with Gasteiger partial charge in [-0.05, 0) is 30.5 Å². The van der Waals surface area contributed by atoms with Crippen LogP contribution in [0.1, 0.15) is 19.5 Å². The summed E-state index contributed by atoms with van der Waals surface area (Å²) in [6, 6.07) is 7.01. The van der Waals surface area contributed by atoms with Crippen molar-refractivity contribution in [2.45, 2.75) is 20.3 Å². The number of hydrogen-bond donors (Lipinski definition) is 1. The van der Waals surface area contributed by atoms with Crippen LogP contribution in [0, 0.1) is 5.92 Å². The van der Waals surface area contributed by atoms with E-state index < -0.39 is 0 Å². The third-order valence-corrected chi connectivity index (χ3v) is 3.42. The molecule has 1 heterocycles. The molecule has 1 aromatic carbocycles. The molecule has 0 saturated carbocycles. The molecule has 100 valence electrons. The Morgan fingerprint density at radius 1 is 1.37 bits per heavy atom. The SMILES string of the molecule is CC(C)Cc1cc(=O)[nH]c(-c2cc(Br)ccc2Cl)n1. The Kier molecular flexibility index (Phi) is 4.42. The zero-order valence-corrected chi connectivity index (χ0v) is 13.0. The molecule has 0 amide bonds. The predicted molar refractivity (Wildman–Crippen MR) is 81.5 cm³/mol. The smallest absolute Gasteiger partial charge is 0.251 e. The highest BCUT2D eigenvalue weighted by atomic mass is 79.9. The van der Waals surface area contributed by atoms with E-state index in [-0.39, 0.29) is 5.56 Å². The molecule has 1 N–H and O–H groups in total. The molecule has 0 unspecified atom stereocenters. The highest BCUT2D eigenvalue weighted by Gasteiger charge is 2.09. The first kappa shape index (κ1) is 14.3. The lowest BCUT2D eigenvalue weighted by Crippen LogP contribution is -2.12. The van der Waals surface area contributed by atoms with Gasteiger partial charge in [0, 0.05) is 21.8 Å². The van der Waals surface area contributed by atoms with Gasteiger partial charge in [-0.3, -0.25) is 4.79 Å². The molecule has 0 atom stereocenters. The van der Waals surface area contributed by atoms with Crippen LogP contribution in [0.2, 0.25) is 5.02 Å². The molecule has 3 nitrogen and oxygen atoms in total. The van der Waals surface area contributed by atoms with E-state index in [0.717, 1.165) is 22.2 Å². The van der Waals surface area contributed by atoms with Crippen LogP contribution in [0.3, 0.4) is 0 Å². The van der Waals surface area contributed by atoms with E-state index in [2.05, 4.69) is 39.7 Å². The van der Waals surface area contributed by atoms with Gasteiger partial charge in [-0.2, -0.15) is 0 Å². The van der Waals surface area contributed by atoms with Crippen LogP contribution in [-0.4, -0.2) is 9.97 Å². The van der Waals surface area contributed by atoms with E-state index in [1.165, 1.54) is 6.07 Å². The van der Waals surface area contributed by atoms with Crippen LogP contribution in [-0.2, 0) is 6.42 Å². The first-order chi connectivity index (χ1) is 8.95. The molecule has 0 aliphatic rings. The summed E-state index contributed by atoms with van der Waals surface area (Å²) < 4.78 is 0.892. The fourth-order valence-electron chi connectivity index (χ4n) is 1.84. The summed E-state index contributed by atoms with van der Waals surface area (Å²) in [5, 5.41) is 0.563. The molecule has 2 rings (SSSR count). The first-order valence-electron chi connectivity index (χ1n) is 6.01. The van der Waals surface area contributed by atoms with Crippen LogP contribution < -0.4 is 5.56 Å². The molecule has 0 saturated heterocycles. The molecule has 2 aromatic rings. The van der Waals surface area contributed by atoms with Crippen molar-refractivity contribution < 1.29 is 0 Å². The summed E-state index contributed by atoms with van der Waals surface area (Å²) in [6.45, 7) is 4.18. The molecule has 0 aliphatic heterocycles. The quantitative estimate of drug-likeness (QED) is 0.915. The zero-order chi connectivity index (χ0) is 14.0. The second kappa shape index (κ2) is 5.88. The molecule has 0 spiro atoms. The maximum atomic E-state index is 11.7. The number of nitrogens with zero attached hydrogens (tertiary/aromatic N) is 1. The Morgan fingerprint density at radius 3 is 2.79 bits per heavy atom. The van der Waals surface area contributed by atoms with Crippen molar-refractivity contribution in [3.8, 4) is 11.4 Å². The van der Waals surface area contributed by atoms with Gasteiger partial charge in [0.2, 0.25) is 0 Å². The van der Waals surface area contributed by atoms with Crippen molar-refractivity contribution in [3.05, 3.63) is 49.8 Å². The fraction of sp³-hybridized carbons (Fsp3) is 0.286. The molecule has 19 heavy (non-hydrogen) atoms. The van der Waals surface area contributed by atoms with Gasteiger partial charge in [0.05, 0.1) is 5.02 Å². The Hall–Kier alpha value is -1.13. The Bertz CT molecular complexity index is 652. The number of rotatable bonds is 3. The van der Waals surface area contributed by atoms with Crippen LogP contribution in [0.15, 0.2) is 33.5 Å². The van der Waals surface area contributed by atoms with Gasteiger partial charge in [0.1, 0.15) is 5.82 Å². The van der Waals surface area contributed by atoms with E-state index in [9.17, 15) is 4.79 Å². The molecular formula is C14H14BrClN2O. The van der Waals surface area contributed by atoms with Gasteiger partial charge < -0.3 is 4.98 Å². The van der Waals surface area contributed by atoms with Crippen molar-refractivity contribution in [1.29, 1.82) is 0 Å².